The molecule has 0 aliphatic rings. The molecule has 0 aliphatic heterocycles. The fraction of sp³-hybridized carbons (Fsp3) is 0.190. The van der Waals surface area contributed by atoms with Crippen molar-refractivity contribution >= 4 is 34.1 Å². The molecule has 0 amide bonds. The minimum Gasteiger partial charge on any atom is -0.265 e. The Morgan fingerprint density at radius 3 is 2.46 bits per heavy atom. The van der Waals surface area contributed by atoms with Crippen LogP contribution in [0.5, 0.6) is 0 Å². The molecule has 0 unspecified atom stereocenters. The van der Waals surface area contributed by atoms with Crippen molar-refractivity contribution in [1.29, 1.82) is 0 Å². The monoisotopic (exact) mass is 412 g/mol. The lowest BCUT2D eigenvalue weighted by Gasteiger charge is -2.10. The molecular formula is C21H18Cl2N4O. The molecule has 0 fully saturated rings. The van der Waals surface area contributed by atoms with Gasteiger partial charge in [0.25, 0.3) is 5.56 Å². The highest BCUT2D eigenvalue weighted by Crippen LogP contribution is 2.23. The van der Waals surface area contributed by atoms with Gasteiger partial charge in [-0.15, -0.1) is 0 Å². The van der Waals surface area contributed by atoms with Gasteiger partial charge in [-0.1, -0.05) is 35.3 Å². The van der Waals surface area contributed by atoms with Crippen molar-refractivity contribution in [3.8, 4) is 5.69 Å². The largest absolute Gasteiger partial charge is 0.293 e. The Hall–Kier alpha value is -2.63. The molecule has 4 aromatic rings. The summed E-state index contributed by atoms with van der Waals surface area (Å²) in [6.07, 6.45) is 1.69. The highest BCUT2D eigenvalue weighted by molar-refractivity contribution is 6.42. The molecule has 2 aromatic heterocycles. The number of fused-ring (bicyclic) bond motifs is 1. The summed E-state index contributed by atoms with van der Waals surface area (Å²) in [5.74, 6) is 0. The number of aryl methyl sites for hydroxylation is 3. The summed E-state index contributed by atoms with van der Waals surface area (Å²) >= 11 is 12.1. The van der Waals surface area contributed by atoms with Gasteiger partial charge in [0.15, 0.2) is 0 Å². The van der Waals surface area contributed by atoms with Crippen LogP contribution in [0.3, 0.4) is 0 Å². The van der Waals surface area contributed by atoms with Crippen molar-refractivity contribution in [3.05, 3.63) is 85.4 Å². The Balaban J connectivity index is 1.87. The first kappa shape index (κ1) is 18.7. The van der Waals surface area contributed by atoms with E-state index in [0.717, 1.165) is 27.9 Å². The Morgan fingerprint density at radius 2 is 1.75 bits per heavy atom. The zero-order valence-electron chi connectivity index (χ0n) is 15.7. The van der Waals surface area contributed by atoms with Crippen molar-refractivity contribution in [1.82, 2.24) is 19.6 Å². The van der Waals surface area contributed by atoms with Crippen LogP contribution < -0.4 is 5.56 Å². The lowest BCUT2D eigenvalue weighted by molar-refractivity contribution is 0.635. The maximum absolute atomic E-state index is 13.2. The number of aromatic nitrogens is 4. The van der Waals surface area contributed by atoms with E-state index in [-0.39, 0.29) is 5.56 Å². The molecular weight excluding hydrogens is 395 g/mol. The van der Waals surface area contributed by atoms with E-state index in [1.54, 1.807) is 23.0 Å². The van der Waals surface area contributed by atoms with Crippen molar-refractivity contribution in [2.75, 3.05) is 0 Å². The van der Waals surface area contributed by atoms with Crippen molar-refractivity contribution < 1.29 is 0 Å². The van der Waals surface area contributed by atoms with Gasteiger partial charge in [-0.25, -0.2) is 9.36 Å². The molecule has 0 atom stereocenters. The van der Waals surface area contributed by atoms with Crippen LogP contribution in [0.2, 0.25) is 10.0 Å². The fourth-order valence-corrected chi connectivity index (χ4v) is 3.51. The standard InChI is InChI=1S/C21H18Cl2N4O/c1-12-4-6-16(8-13(12)2)27-20-17(10-24-27)14(3)25-26(21(20)28)11-15-5-7-18(22)19(23)9-15/h4-10H,11H2,1-3H3. The number of hydrogen-bond acceptors (Lipinski definition) is 3. The Kier molecular flexibility index (Phi) is 4.73. The van der Waals surface area contributed by atoms with Crippen LogP contribution in [0.15, 0.2) is 47.4 Å². The maximum Gasteiger partial charge on any atom is 0.293 e. The third-order valence-corrected chi connectivity index (χ3v) is 5.66. The molecule has 7 heteroatoms. The quantitative estimate of drug-likeness (QED) is 0.482. The van der Waals surface area contributed by atoms with Gasteiger partial charge in [0.1, 0.15) is 5.52 Å². The summed E-state index contributed by atoms with van der Waals surface area (Å²) in [4.78, 5) is 13.2. The van der Waals surface area contributed by atoms with Crippen LogP contribution in [0.4, 0.5) is 0 Å². The van der Waals surface area contributed by atoms with Crippen LogP contribution in [0.1, 0.15) is 22.4 Å². The molecule has 28 heavy (non-hydrogen) atoms. The van der Waals surface area contributed by atoms with Gasteiger partial charge in [0.2, 0.25) is 0 Å². The van der Waals surface area contributed by atoms with Gasteiger partial charge in [-0.3, -0.25) is 4.79 Å². The second kappa shape index (κ2) is 7.08. The first-order valence-corrected chi connectivity index (χ1v) is 9.58. The van der Waals surface area contributed by atoms with Gasteiger partial charge < -0.3 is 0 Å². The van der Waals surface area contributed by atoms with Gasteiger partial charge in [-0.05, 0) is 61.7 Å². The van der Waals surface area contributed by atoms with Crippen LogP contribution >= 0.6 is 23.2 Å². The van der Waals surface area contributed by atoms with E-state index >= 15 is 0 Å². The molecule has 0 saturated heterocycles. The summed E-state index contributed by atoms with van der Waals surface area (Å²) in [7, 11) is 0. The Morgan fingerprint density at radius 1 is 0.964 bits per heavy atom. The molecule has 0 aliphatic carbocycles. The second-order valence-electron chi connectivity index (χ2n) is 6.88. The summed E-state index contributed by atoms with van der Waals surface area (Å²) in [5.41, 5.74) is 5.07. The number of nitrogens with zero attached hydrogens (tertiary/aromatic N) is 4. The summed E-state index contributed by atoms with van der Waals surface area (Å²) in [6.45, 7) is 6.27. The minimum absolute atomic E-state index is 0.206. The summed E-state index contributed by atoms with van der Waals surface area (Å²) in [6, 6.07) is 11.3. The average molecular weight is 413 g/mol. The lowest BCUT2D eigenvalue weighted by Crippen LogP contribution is -2.26. The van der Waals surface area contributed by atoms with Crippen LogP contribution in [-0.2, 0) is 6.54 Å². The van der Waals surface area contributed by atoms with Crippen molar-refractivity contribution in [3.63, 3.8) is 0 Å². The summed E-state index contributed by atoms with van der Waals surface area (Å²) in [5, 5.41) is 10.6. The number of rotatable bonds is 3. The molecule has 0 radical (unpaired) electrons. The maximum atomic E-state index is 13.2. The smallest absolute Gasteiger partial charge is 0.265 e. The van der Waals surface area contributed by atoms with Gasteiger partial charge in [0, 0.05) is 5.39 Å². The van der Waals surface area contributed by atoms with Crippen molar-refractivity contribution in [2.45, 2.75) is 27.3 Å². The minimum atomic E-state index is -0.206. The van der Waals surface area contributed by atoms with Crippen molar-refractivity contribution in [2.24, 2.45) is 0 Å². The summed E-state index contributed by atoms with van der Waals surface area (Å²) < 4.78 is 3.13. The molecule has 0 spiro atoms. The SMILES string of the molecule is Cc1ccc(-n2ncc3c(C)nn(Cc4ccc(Cl)c(Cl)c4)c(=O)c32)cc1C. The lowest BCUT2D eigenvalue weighted by atomic mass is 10.1. The fourth-order valence-electron chi connectivity index (χ4n) is 3.19. The number of benzene rings is 2. The average Bonchev–Trinajstić information content (AvgIpc) is 3.11. The number of halogens is 2. The van der Waals surface area contributed by atoms with E-state index in [4.69, 9.17) is 23.2 Å². The van der Waals surface area contributed by atoms with Gasteiger partial charge in [-0.2, -0.15) is 10.2 Å². The third kappa shape index (κ3) is 3.21. The van der Waals surface area contributed by atoms with E-state index in [1.807, 2.05) is 38.1 Å². The normalized spacial score (nSPS) is 11.3. The molecule has 0 N–H and O–H groups in total. The molecule has 4 rings (SSSR count). The van der Waals surface area contributed by atoms with E-state index in [1.165, 1.54) is 10.2 Å². The zero-order chi connectivity index (χ0) is 20.0. The van der Waals surface area contributed by atoms with E-state index in [2.05, 4.69) is 17.1 Å². The molecule has 2 heterocycles. The molecule has 0 saturated carbocycles. The molecule has 2 aromatic carbocycles. The Bertz CT molecular complexity index is 1270. The predicted octanol–water partition coefficient (Wildman–Crippen LogP) is 4.86. The zero-order valence-corrected chi connectivity index (χ0v) is 17.2. The van der Waals surface area contributed by atoms with Crippen LogP contribution in [-0.4, -0.2) is 19.6 Å². The topological polar surface area (TPSA) is 52.7 Å². The number of hydrogen-bond donors (Lipinski definition) is 0. The predicted molar refractivity (Wildman–Crippen MR) is 113 cm³/mol. The first-order chi connectivity index (χ1) is 13.3. The highest BCUT2D eigenvalue weighted by atomic mass is 35.5. The van der Waals surface area contributed by atoms with E-state index in [0.29, 0.717) is 22.1 Å². The first-order valence-electron chi connectivity index (χ1n) is 8.82. The van der Waals surface area contributed by atoms with E-state index in [9.17, 15) is 4.79 Å². The molecule has 5 nitrogen and oxygen atoms in total. The highest BCUT2D eigenvalue weighted by Gasteiger charge is 2.16. The Labute approximate surface area is 172 Å². The van der Waals surface area contributed by atoms with Gasteiger partial charge in [0.05, 0.1) is 34.2 Å². The molecule has 142 valence electrons. The third-order valence-electron chi connectivity index (χ3n) is 4.92. The van der Waals surface area contributed by atoms with Gasteiger partial charge >= 0.3 is 0 Å². The second-order valence-corrected chi connectivity index (χ2v) is 7.70. The van der Waals surface area contributed by atoms with Crippen LogP contribution in [0.25, 0.3) is 16.6 Å². The van der Waals surface area contributed by atoms with E-state index < -0.39 is 0 Å². The van der Waals surface area contributed by atoms with Crippen LogP contribution in [0, 0.1) is 20.8 Å². The molecule has 0 bridgehead atoms.